The van der Waals surface area contributed by atoms with Crippen molar-refractivity contribution in [3.05, 3.63) is 23.3 Å². The third-order valence-electron chi connectivity index (χ3n) is 3.56. The largest absolute Gasteiger partial charge is 0.466 e. The lowest BCUT2D eigenvalue weighted by molar-refractivity contribution is -0.134. The van der Waals surface area contributed by atoms with Crippen LogP contribution in [-0.2, 0) is 14.3 Å². The molecule has 1 atom stereocenters. The van der Waals surface area contributed by atoms with Crippen LogP contribution in [0.4, 0.5) is 0 Å². The summed E-state index contributed by atoms with van der Waals surface area (Å²) in [5, 5.41) is 0. The van der Waals surface area contributed by atoms with Gasteiger partial charge in [-0.2, -0.15) is 0 Å². The molecule has 3 heteroatoms. The molecule has 1 rings (SSSR count). The van der Waals surface area contributed by atoms with Crippen LogP contribution in [0.2, 0.25) is 0 Å². The summed E-state index contributed by atoms with van der Waals surface area (Å²) in [6.07, 6.45) is 8.31. The zero-order chi connectivity index (χ0) is 14.5. The normalized spacial score (nSPS) is 22.3. The van der Waals surface area contributed by atoms with Gasteiger partial charge < -0.3 is 9.47 Å². The van der Waals surface area contributed by atoms with Crippen molar-refractivity contribution in [2.45, 2.75) is 65.1 Å². The number of hydrogen-bond acceptors (Lipinski definition) is 3. The Bertz CT molecular complexity index is 377. The SMILES string of the molecule is COC(=O)/C=C(/C)CC/C=C(\C)CCC1OC1(C)C. The summed E-state index contributed by atoms with van der Waals surface area (Å²) in [5.41, 5.74) is 2.56. The van der Waals surface area contributed by atoms with Crippen LogP contribution in [0.15, 0.2) is 23.3 Å². The molecule has 1 unspecified atom stereocenters. The van der Waals surface area contributed by atoms with Gasteiger partial charge in [0.05, 0.1) is 18.8 Å². The van der Waals surface area contributed by atoms with E-state index in [1.807, 2.05) is 6.92 Å². The number of epoxide rings is 1. The van der Waals surface area contributed by atoms with E-state index in [0.717, 1.165) is 31.3 Å². The smallest absolute Gasteiger partial charge is 0.330 e. The number of esters is 1. The molecule has 19 heavy (non-hydrogen) atoms. The molecule has 1 saturated heterocycles. The van der Waals surface area contributed by atoms with Crippen molar-refractivity contribution >= 4 is 5.97 Å². The van der Waals surface area contributed by atoms with Crippen molar-refractivity contribution in [1.29, 1.82) is 0 Å². The molecule has 0 aromatic heterocycles. The molecule has 0 bridgehead atoms. The average molecular weight is 266 g/mol. The highest BCUT2D eigenvalue weighted by molar-refractivity contribution is 5.82. The molecule has 0 amide bonds. The number of rotatable bonds is 7. The van der Waals surface area contributed by atoms with Crippen molar-refractivity contribution < 1.29 is 14.3 Å². The minimum atomic E-state index is -0.272. The Balaban J connectivity index is 2.21. The first kappa shape index (κ1) is 16.0. The van der Waals surface area contributed by atoms with Crippen LogP contribution in [-0.4, -0.2) is 24.8 Å². The number of ether oxygens (including phenoxy) is 2. The van der Waals surface area contributed by atoms with Gasteiger partial charge in [-0.1, -0.05) is 17.2 Å². The third kappa shape index (κ3) is 6.06. The Labute approximate surface area is 116 Å². The van der Waals surface area contributed by atoms with Crippen LogP contribution in [0.1, 0.15) is 53.4 Å². The maximum atomic E-state index is 11.0. The van der Waals surface area contributed by atoms with E-state index < -0.39 is 0 Å². The van der Waals surface area contributed by atoms with E-state index in [2.05, 4.69) is 31.6 Å². The average Bonchev–Trinajstić information content (AvgIpc) is 2.94. The van der Waals surface area contributed by atoms with Crippen molar-refractivity contribution in [2.24, 2.45) is 0 Å². The molecule has 0 N–H and O–H groups in total. The Morgan fingerprint density at radius 3 is 2.42 bits per heavy atom. The molecule has 0 saturated carbocycles. The van der Waals surface area contributed by atoms with Gasteiger partial charge in [0.25, 0.3) is 0 Å². The number of hydrogen-bond donors (Lipinski definition) is 0. The maximum absolute atomic E-state index is 11.0. The molecule has 0 aliphatic carbocycles. The van der Waals surface area contributed by atoms with Crippen LogP contribution in [0.3, 0.4) is 0 Å². The monoisotopic (exact) mass is 266 g/mol. The Morgan fingerprint density at radius 1 is 1.26 bits per heavy atom. The topological polar surface area (TPSA) is 38.8 Å². The fourth-order valence-corrected chi connectivity index (χ4v) is 2.08. The van der Waals surface area contributed by atoms with E-state index in [9.17, 15) is 4.79 Å². The molecule has 0 spiro atoms. The highest BCUT2D eigenvalue weighted by Crippen LogP contribution is 2.38. The van der Waals surface area contributed by atoms with E-state index in [4.69, 9.17) is 4.74 Å². The van der Waals surface area contributed by atoms with E-state index >= 15 is 0 Å². The van der Waals surface area contributed by atoms with Crippen molar-refractivity contribution in [1.82, 2.24) is 0 Å². The van der Waals surface area contributed by atoms with Gasteiger partial charge in [-0.05, 0) is 53.4 Å². The zero-order valence-corrected chi connectivity index (χ0v) is 12.8. The Morgan fingerprint density at radius 2 is 1.89 bits per heavy atom. The molecule has 0 aromatic carbocycles. The van der Waals surface area contributed by atoms with Gasteiger partial charge in [-0.25, -0.2) is 4.79 Å². The first-order chi connectivity index (χ1) is 8.85. The van der Waals surface area contributed by atoms with Crippen LogP contribution in [0, 0.1) is 0 Å². The standard InChI is InChI=1S/C16H26O3/c1-12(9-10-14-16(3,4)19-14)7-6-8-13(2)11-15(17)18-5/h7,11,14H,6,8-10H2,1-5H3/b12-7+,13-11-. The minimum absolute atomic E-state index is 0.0973. The third-order valence-corrected chi connectivity index (χ3v) is 3.56. The van der Waals surface area contributed by atoms with Crippen LogP contribution in [0.5, 0.6) is 0 Å². The predicted molar refractivity (Wildman–Crippen MR) is 77.0 cm³/mol. The zero-order valence-electron chi connectivity index (χ0n) is 12.8. The molecule has 108 valence electrons. The fraction of sp³-hybridized carbons (Fsp3) is 0.688. The minimum Gasteiger partial charge on any atom is -0.466 e. The van der Waals surface area contributed by atoms with Crippen molar-refractivity contribution in [2.75, 3.05) is 7.11 Å². The number of carbonyl (C=O) groups is 1. The number of methoxy groups -OCH3 is 1. The molecule has 1 fully saturated rings. The van der Waals surface area contributed by atoms with Crippen LogP contribution >= 0.6 is 0 Å². The van der Waals surface area contributed by atoms with Gasteiger partial charge in [-0.3, -0.25) is 0 Å². The van der Waals surface area contributed by atoms with Gasteiger partial charge in [0.2, 0.25) is 0 Å². The first-order valence-electron chi connectivity index (χ1n) is 6.93. The molecular weight excluding hydrogens is 240 g/mol. The van der Waals surface area contributed by atoms with E-state index in [-0.39, 0.29) is 11.6 Å². The summed E-state index contributed by atoms with van der Waals surface area (Å²) >= 11 is 0. The van der Waals surface area contributed by atoms with Gasteiger partial charge in [0.1, 0.15) is 0 Å². The van der Waals surface area contributed by atoms with E-state index in [1.165, 1.54) is 12.7 Å². The molecule has 3 nitrogen and oxygen atoms in total. The van der Waals surface area contributed by atoms with Crippen molar-refractivity contribution in [3.8, 4) is 0 Å². The molecule has 0 aromatic rings. The second-order valence-corrected chi connectivity index (χ2v) is 5.85. The summed E-state index contributed by atoms with van der Waals surface area (Å²) in [6.45, 7) is 8.39. The first-order valence-corrected chi connectivity index (χ1v) is 6.93. The Hall–Kier alpha value is -1.09. The molecule has 1 heterocycles. The molecule has 0 radical (unpaired) electrons. The number of allylic oxidation sites excluding steroid dienone is 3. The molecule has 1 aliphatic heterocycles. The summed E-state index contributed by atoms with van der Waals surface area (Å²) in [5.74, 6) is -0.272. The number of carbonyl (C=O) groups excluding carboxylic acids is 1. The lowest BCUT2D eigenvalue weighted by atomic mass is 10.0. The van der Waals surface area contributed by atoms with Crippen LogP contribution in [0.25, 0.3) is 0 Å². The van der Waals surface area contributed by atoms with Gasteiger partial charge in [0.15, 0.2) is 0 Å². The van der Waals surface area contributed by atoms with E-state index in [1.54, 1.807) is 6.08 Å². The van der Waals surface area contributed by atoms with Gasteiger partial charge >= 0.3 is 5.97 Å². The van der Waals surface area contributed by atoms with E-state index in [0.29, 0.717) is 6.10 Å². The van der Waals surface area contributed by atoms with Crippen molar-refractivity contribution in [3.63, 3.8) is 0 Å². The molecule has 1 aliphatic rings. The fourth-order valence-electron chi connectivity index (χ4n) is 2.08. The predicted octanol–water partition coefficient (Wildman–Crippen LogP) is 3.79. The van der Waals surface area contributed by atoms with Gasteiger partial charge in [0, 0.05) is 6.08 Å². The Kier molecular flexibility index (Phi) is 5.80. The highest BCUT2D eigenvalue weighted by Gasteiger charge is 2.46. The van der Waals surface area contributed by atoms with Crippen LogP contribution < -0.4 is 0 Å². The molecular formula is C16H26O3. The van der Waals surface area contributed by atoms with Gasteiger partial charge in [-0.15, -0.1) is 0 Å². The maximum Gasteiger partial charge on any atom is 0.330 e. The summed E-state index contributed by atoms with van der Waals surface area (Å²) < 4.78 is 10.2. The summed E-state index contributed by atoms with van der Waals surface area (Å²) in [6, 6.07) is 0. The lowest BCUT2D eigenvalue weighted by Gasteiger charge is -2.02. The summed E-state index contributed by atoms with van der Waals surface area (Å²) in [4.78, 5) is 11.0. The lowest BCUT2D eigenvalue weighted by Crippen LogP contribution is -2.02. The second-order valence-electron chi connectivity index (χ2n) is 5.85. The second kappa shape index (κ2) is 6.90. The quantitative estimate of drug-likeness (QED) is 0.304. The summed E-state index contributed by atoms with van der Waals surface area (Å²) in [7, 11) is 1.40. The highest BCUT2D eigenvalue weighted by atomic mass is 16.6.